The highest BCUT2D eigenvalue weighted by Crippen LogP contribution is 2.51. The van der Waals surface area contributed by atoms with Crippen molar-refractivity contribution in [3.05, 3.63) is 0 Å². The van der Waals surface area contributed by atoms with Gasteiger partial charge in [-0.15, -0.1) is 0 Å². The average molecular weight is 341 g/mol. The lowest BCUT2D eigenvalue weighted by molar-refractivity contribution is 0.0547. The zero-order chi connectivity index (χ0) is 16.6. The SMILES string of the molecule is CCCCCC(C)([Si](OC)(OC)OC)[Si](OC)(OC)OC. The first kappa shape index (κ1) is 21.2. The summed E-state index contributed by atoms with van der Waals surface area (Å²) >= 11 is 0. The van der Waals surface area contributed by atoms with Crippen LogP contribution in [0.3, 0.4) is 0 Å². The minimum atomic E-state index is -3.03. The predicted molar refractivity (Wildman–Crippen MR) is 86.1 cm³/mol. The fraction of sp³-hybridized carbons (Fsp3) is 1.00. The Bertz CT molecular complexity index is 245. The first-order valence-corrected chi connectivity index (χ1v) is 10.7. The van der Waals surface area contributed by atoms with Gasteiger partial charge in [-0.25, -0.2) is 0 Å². The molecule has 0 fully saturated rings. The van der Waals surface area contributed by atoms with Crippen molar-refractivity contribution in [2.75, 3.05) is 42.7 Å². The van der Waals surface area contributed by atoms with Crippen LogP contribution >= 0.6 is 0 Å². The number of hydrogen-bond donors (Lipinski definition) is 0. The van der Waals surface area contributed by atoms with Gasteiger partial charge in [-0.3, -0.25) is 0 Å². The van der Waals surface area contributed by atoms with Gasteiger partial charge >= 0.3 is 17.6 Å². The predicted octanol–water partition coefficient (Wildman–Crippen LogP) is 2.62. The van der Waals surface area contributed by atoms with Crippen LogP contribution in [0.5, 0.6) is 0 Å². The summed E-state index contributed by atoms with van der Waals surface area (Å²) in [6.07, 6.45) is 4.03. The number of unbranched alkanes of at least 4 members (excludes halogenated alkanes) is 2. The Kier molecular flexibility index (Phi) is 9.45. The molecular weight excluding hydrogens is 308 g/mol. The maximum Gasteiger partial charge on any atom is 0.510 e. The van der Waals surface area contributed by atoms with E-state index in [9.17, 15) is 0 Å². The van der Waals surface area contributed by atoms with Crippen LogP contribution in [0.25, 0.3) is 0 Å². The van der Waals surface area contributed by atoms with Gasteiger partial charge < -0.3 is 26.6 Å². The monoisotopic (exact) mass is 340 g/mol. The highest BCUT2D eigenvalue weighted by atomic mass is 28.5. The first-order valence-electron chi connectivity index (χ1n) is 7.23. The van der Waals surface area contributed by atoms with Gasteiger partial charge in [-0.1, -0.05) is 33.1 Å². The van der Waals surface area contributed by atoms with Gasteiger partial charge in [0.05, 0.1) is 0 Å². The molecule has 21 heavy (non-hydrogen) atoms. The third kappa shape index (κ3) is 3.75. The lowest BCUT2D eigenvalue weighted by Gasteiger charge is -2.47. The smallest absolute Gasteiger partial charge is 0.377 e. The summed E-state index contributed by atoms with van der Waals surface area (Å²) in [4.78, 5) is 0. The minimum Gasteiger partial charge on any atom is -0.377 e. The Balaban J connectivity index is 5.84. The van der Waals surface area contributed by atoms with Crippen LogP contribution < -0.4 is 0 Å². The zero-order valence-corrected chi connectivity index (χ0v) is 16.8. The molecule has 0 aliphatic carbocycles. The molecule has 0 radical (unpaired) electrons. The van der Waals surface area contributed by atoms with Crippen molar-refractivity contribution >= 4 is 17.6 Å². The number of rotatable bonds is 12. The summed E-state index contributed by atoms with van der Waals surface area (Å²) in [6, 6.07) is 0. The zero-order valence-electron chi connectivity index (χ0n) is 14.8. The van der Waals surface area contributed by atoms with Crippen LogP contribution in [0.1, 0.15) is 39.5 Å². The van der Waals surface area contributed by atoms with Crippen LogP contribution in [0.2, 0.25) is 4.66 Å². The Hall–Kier alpha value is 0.194. The molecular formula is C13H32O6Si2. The fourth-order valence-electron chi connectivity index (χ4n) is 3.07. The summed E-state index contributed by atoms with van der Waals surface area (Å²) in [5, 5.41) is 0. The molecule has 0 aromatic heterocycles. The van der Waals surface area contributed by atoms with Gasteiger partial charge in [0.1, 0.15) is 4.66 Å². The van der Waals surface area contributed by atoms with Gasteiger partial charge in [0.15, 0.2) is 0 Å². The molecule has 6 nitrogen and oxygen atoms in total. The Morgan fingerprint density at radius 3 is 1.24 bits per heavy atom. The maximum absolute atomic E-state index is 5.73. The van der Waals surface area contributed by atoms with Crippen LogP contribution in [-0.2, 0) is 26.6 Å². The third-order valence-corrected chi connectivity index (χ3v) is 12.5. The Morgan fingerprint density at radius 2 is 1.00 bits per heavy atom. The second-order valence-corrected chi connectivity index (χ2v) is 12.5. The van der Waals surface area contributed by atoms with Gasteiger partial charge in [-0.2, -0.15) is 0 Å². The highest BCUT2D eigenvalue weighted by molar-refractivity contribution is 6.85. The molecule has 0 amide bonds. The van der Waals surface area contributed by atoms with E-state index in [1.807, 2.05) is 6.92 Å². The summed E-state index contributed by atoms with van der Waals surface area (Å²) in [7, 11) is 3.59. The van der Waals surface area contributed by atoms with E-state index in [1.54, 1.807) is 42.7 Å². The van der Waals surface area contributed by atoms with E-state index >= 15 is 0 Å². The van der Waals surface area contributed by atoms with Crippen LogP contribution in [-0.4, -0.2) is 60.3 Å². The van der Waals surface area contributed by atoms with Gasteiger partial charge in [0.25, 0.3) is 0 Å². The quantitative estimate of drug-likeness (QED) is 0.402. The molecule has 0 rings (SSSR count). The molecule has 0 N–H and O–H groups in total. The van der Waals surface area contributed by atoms with E-state index < -0.39 is 22.3 Å². The van der Waals surface area contributed by atoms with E-state index in [-0.39, 0.29) is 0 Å². The van der Waals surface area contributed by atoms with Crippen molar-refractivity contribution in [2.45, 2.75) is 44.2 Å². The van der Waals surface area contributed by atoms with Gasteiger partial charge in [0, 0.05) is 42.7 Å². The second-order valence-electron chi connectivity index (χ2n) is 5.13. The Labute approximate surface area is 131 Å². The number of hydrogen-bond acceptors (Lipinski definition) is 6. The normalized spacial score (nSPS) is 13.7. The Morgan fingerprint density at radius 1 is 0.667 bits per heavy atom. The molecule has 0 unspecified atom stereocenters. The van der Waals surface area contributed by atoms with E-state index in [4.69, 9.17) is 26.6 Å². The topological polar surface area (TPSA) is 55.4 Å². The van der Waals surface area contributed by atoms with Crippen molar-refractivity contribution in [3.8, 4) is 0 Å². The molecule has 128 valence electrons. The van der Waals surface area contributed by atoms with Crippen molar-refractivity contribution in [1.29, 1.82) is 0 Å². The molecule has 0 bridgehead atoms. The molecule has 0 aliphatic heterocycles. The molecule has 0 saturated carbocycles. The minimum absolute atomic E-state index is 0.578. The average Bonchev–Trinajstić information content (AvgIpc) is 2.52. The van der Waals surface area contributed by atoms with Crippen LogP contribution in [0, 0.1) is 0 Å². The summed E-state index contributed by atoms with van der Waals surface area (Å²) < 4.78 is 33.8. The lowest BCUT2D eigenvalue weighted by Crippen LogP contribution is -2.68. The van der Waals surface area contributed by atoms with Crippen molar-refractivity contribution < 1.29 is 26.6 Å². The van der Waals surface area contributed by atoms with Crippen LogP contribution in [0.15, 0.2) is 0 Å². The standard InChI is InChI=1S/C13H32O6Si2/c1-9-10-11-12-13(2,20(14-3,15-4)16-5)21(17-6,18-7)19-8/h9-12H2,1-8H3. The molecule has 0 atom stereocenters. The highest BCUT2D eigenvalue weighted by Gasteiger charge is 2.72. The molecule has 0 spiro atoms. The van der Waals surface area contributed by atoms with E-state index in [0.717, 1.165) is 25.7 Å². The van der Waals surface area contributed by atoms with Crippen molar-refractivity contribution in [2.24, 2.45) is 0 Å². The molecule has 0 aromatic carbocycles. The van der Waals surface area contributed by atoms with Gasteiger partial charge in [0.2, 0.25) is 0 Å². The molecule has 0 aromatic rings. The third-order valence-electron chi connectivity index (χ3n) is 4.24. The van der Waals surface area contributed by atoms with E-state index in [2.05, 4.69) is 6.92 Å². The lowest BCUT2D eigenvalue weighted by atomic mass is 10.1. The van der Waals surface area contributed by atoms with Gasteiger partial charge in [-0.05, 0) is 6.42 Å². The summed E-state index contributed by atoms with van der Waals surface area (Å²) in [6.45, 7) is 4.20. The van der Waals surface area contributed by atoms with E-state index in [1.165, 1.54) is 0 Å². The fourth-order valence-corrected chi connectivity index (χ4v) is 11.1. The first-order chi connectivity index (χ1) is 9.92. The molecule has 0 saturated heterocycles. The van der Waals surface area contributed by atoms with Crippen LogP contribution in [0.4, 0.5) is 0 Å². The second kappa shape index (κ2) is 9.36. The van der Waals surface area contributed by atoms with Crippen molar-refractivity contribution in [3.63, 3.8) is 0 Å². The maximum atomic E-state index is 5.73. The molecule has 0 aliphatic rings. The summed E-state index contributed by atoms with van der Waals surface area (Å²) in [5.74, 6) is 0. The molecule has 8 heteroatoms. The van der Waals surface area contributed by atoms with Crippen molar-refractivity contribution in [1.82, 2.24) is 0 Å². The summed E-state index contributed by atoms with van der Waals surface area (Å²) in [5.41, 5.74) is 0. The largest absolute Gasteiger partial charge is 0.510 e. The van der Waals surface area contributed by atoms with E-state index in [0.29, 0.717) is 0 Å². The molecule has 0 heterocycles.